The van der Waals surface area contributed by atoms with Crippen LogP contribution in [0.25, 0.3) is 6.08 Å². The first-order valence-electron chi connectivity index (χ1n) is 7.57. The van der Waals surface area contributed by atoms with E-state index in [1.54, 1.807) is 11.3 Å². The number of thiophene rings is 1. The molecule has 126 valence electrons. The monoisotopic (exact) mass is 344 g/mol. The highest BCUT2D eigenvalue weighted by Crippen LogP contribution is 2.24. The van der Waals surface area contributed by atoms with Crippen LogP contribution in [-0.2, 0) is 25.5 Å². The molecule has 2 rings (SSSR count). The molecular formula is C19H20O4S. The third-order valence-corrected chi connectivity index (χ3v) is 4.54. The molecule has 2 aromatic rings. The lowest BCUT2D eigenvalue weighted by Gasteiger charge is -2.20. The van der Waals surface area contributed by atoms with E-state index in [9.17, 15) is 9.59 Å². The zero-order valence-electron chi connectivity index (χ0n) is 13.7. The Kier molecular flexibility index (Phi) is 6.75. The first-order valence-corrected chi connectivity index (χ1v) is 8.45. The van der Waals surface area contributed by atoms with Crippen molar-refractivity contribution in [2.45, 2.75) is 6.42 Å². The maximum atomic E-state index is 12.2. The van der Waals surface area contributed by atoms with Crippen LogP contribution in [0.2, 0.25) is 0 Å². The zero-order valence-corrected chi connectivity index (χ0v) is 14.5. The van der Waals surface area contributed by atoms with Crippen LogP contribution in [0, 0.1) is 11.8 Å². The topological polar surface area (TPSA) is 52.6 Å². The van der Waals surface area contributed by atoms with Crippen molar-refractivity contribution in [1.29, 1.82) is 0 Å². The normalized spacial score (nSPS) is 12.3. The fraction of sp³-hybridized carbons (Fsp3) is 0.263. The van der Waals surface area contributed by atoms with Gasteiger partial charge in [0.2, 0.25) is 0 Å². The molecule has 0 saturated carbocycles. The molecule has 0 fully saturated rings. The molecule has 1 heterocycles. The number of rotatable bonds is 7. The first kappa shape index (κ1) is 17.9. The molecule has 0 spiro atoms. The Balaban J connectivity index is 2.31. The predicted octanol–water partition coefficient (Wildman–Crippen LogP) is 3.58. The summed E-state index contributed by atoms with van der Waals surface area (Å²) < 4.78 is 9.64. The van der Waals surface area contributed by atoms with Gasteiger partial charge in [-0.05, 0) is 29.5 Å². The SMILES string of the molecule is COC(=O)C(C(=O)OC)[C@@H](/C=C/c1cccs1)Cc1ccccc1. The number of esters is 2. The largest absolute Gasteiger partial charge is 0.468 e. The van der Waals surface area contributed by atoms with E-state index >= 15 is 0 Å². The van der Waals surface area contributed by atoms with Crippen molar-refractivity contribution in [3.05, 3.63) is 64.4 Å². The molecule has 5 heteroatoms. The van der Waals surface area contributed by atoms with Crippen molar-refractivity contribution in [3.63, 3.8) is 0 Å². The van der Waals surface area contributed by atoms with Crippen molar-refractivity contribution >= 4 is 29.4 Å². The minimum Gasteiger partial charge on any atom is -0.468 e. The molecule has 0 saturated heterocycles. The van der Waals surface area contributed by atoms with Gasteiger partial charge < -0.3 is 9.47 Å². The fourth-order valence-electron chi connectivity index (χ4n) is 2.49. The van der Waals surface area contributed by atoms with Crippen LogP contribution >= 0.6 is 11.3 Å². The quantitative estimate of drug-likeness (QED) is 0.569. The number of hydrogen-bond donors (Lipinski definition) is 0. The summed E-state index contributed by atoms with van der Waals surface area (Å²) in [7, 11) is 2.56. The molecule has 0 radical (unpaired) electrons. The highest BCUT2D eigenvalue weighted by Gasteiger charge is 2.35. The molecule has 0 bridgehead atoms. The lowest BCUT2D eigenvalue weighted by Crippen LogP contribution is -2.33. The second-order valence-electron chi connectivity index (χ2n) is 5.25. The van der Waals surface area contributed by atoms with Gasteiger partial charge >= 0.3 is 11.9 Å². The van der Waals surface area contributed by atoms with E-state index in [0.717, 1.165) is 10.4 Å². The van der Waals surface area contributed by atoms with Crippen LogP contribution in [0.5, 0.6) is 0 Å². The number of allylic oxidation sites excluding steroid dienone is 1. The van der Waals surface area contributed by atoms with E-state index in [-0.39, 0.29) is 5.92 Å². The molecule has 0 amide bonds. The number of hydrogen-bond acceptors (Lipinski definition) is 5. The van der Waals surface area contributed by atoms with Crippen LogP contribution in [-0.4, -0.2) is 26.2 Å². The molecule has 1 aromatic carbocycles. The summed E-state index contributed by atoms with van der Waals surface area (Å²) in [6.07, 6.45) is 4.35. The van der Waals surface area contributed by atoms with Crippen LogP contribution < -0.4 is 0 Å². The number of carbonyl (C=O) groups excluding carboxylic acids is 2. The van der Waals surface area contributed by atoms with Crippen molar-refractivity contribution in [2.24, 2.45) is 11.8 Å². The maximum absolute atomic E-state index is 12.2. The number of carbonyl (C=O) groups is 2. The highest BCUT2D eigenvalue weighted by atomic mass is 32.1. The van der Waals surface area contributed by atoms with Gasteiger partial charge in [-0.25, -0.2) is 0 Å². The standard InChI is InChI=1S/C19H20O4S/c1-22-18(20)17(19(21)23-2)15(10-11-16-9-6-12-24-16)13-14-7-4-3-5-8-14/h3-12,15,17H,13H2,1-2H3/b11-10+/t15-/m0/s1. The van der Waals surface area contributed by atoms with Gasteiger partial charge in [-0.3, -0.25) is 9.59 Å². The maximum Gasteiger partial charge on any atom is 0.320 e. The summed E-state index contributed by atoms with van der Waals surface area (Å²) in [4.78, 5) is 25.4. The Morgan fingerprint density at radius 2 is 1.71 bits per heavy atom. The van der Waals surface area contributed by atoms with Crippen LogP contribution in [0.4, 0.5) is 0 Å². The van der Waals surface area contributed by atoms with E-state index < -0.39 is 17.9 Å². The van der Waals surface area contributed by atoms with Gasteiger partial charge in [-0.1, -0.05) is 42.5 Å². The van der Waals surface area contributed by atoms with Crippen LogP contribution in [0.3, 0.4) is 0 Å². The second kappa shape index (κ2) is 9.03. The molecule has 1 aromatic heterocycles. The summed E-state index contributed by atoms with van der Waals surface area (Å²) >= 11 is 1.59. The van der Waals surface area contributed by atoms with Gasteiger partial charge in [0.1, 0.15) is 0 Å². The first-order chi connectivity index (χ1) is 11.7. The Labute approximate surface area is 145 Å². The summed E-state index contributed by atoms with van der Waals surface area (Å²) in [5.41, 5.74) is 1.04. The second-order valence-corrected chi connectivity index (χ2v) is 6.23. The van der Waals surface area contributed by atoms with E-state index in [1.807, 2.05) is 60.0 Å². The molecule has 0 aliphatic rings. The third kappa shape index (κ3) is 4.80. The van der Waals surface area contributed by atoms with Gasteiger partial charge in [0, 0.05) is 10.8 Å². The van der Waals surface area contributed by atoms with E-state index in [0.29, 0.717) is 6.42 Å². The Morgan fingerprint density at radius 1 is 1.04 bits per heavy atom. The number of methoxy groups -OCH3 is 2. The molecular weight excluding hydrogens is 324 g/mol. The van der Waals surface area contributed by atoms with Crippen LogP contribution in [0.1, 0.15) is 10.4 Å². The predicted molar refractivity (Wildman–Crippen MR) is 94.5 cm³/mol. The average molecular weight is 344 g/mol. The van der Waals surface area contributed by atoms with Gasteiger partial charge in [0.15, 0.2) is 5.92 Å². The molecule has 0 aliphatic carbocycles. The zero-order chi connectivity index (χ0) is 17.4. The number of benzene rings is 1. The lowest BCUT2D eigenvalue weighted by atomic mass is 9.86. The Hall–Kier alpha value is -2.40. The van der Waals surface area contributed by atoms with Crippen molar-refractivity contribution in [1.82, 2.24) is 0 Å². The minimum atomic E-state index is -0.989. The Bertz CT molecular complexity index is 661. The van der Waals surface area contributed by atoms with Gasteiger partial charge in [-0.15, -0.1) is 11.3 Å². The summed E-state index contributed by atoms with van der Waals surface area (Å²) in [5, 5.41) is 1.98. The van der Waals surface area contributed by atoms with Crippen molar-refractivity contribution in [3.8, 4) is 0 Å². The molecule has 0 N–H and O–H groups in total. The molecule has 24 heavy (non-hydrogen) atoms. The fourth-order valence-corrected chi connectivity index (χ4v) is 3.12. The van der Waals surface area contributed by atoms with Crippen molar-refractivity contribution < 1.29 is 19.1 Å². The molecule has 4 nitrogen and oxygen atoms in total. The van der Waals surface area contributed by atoms with Gasteiger partial charge in [0.25, 0.3) is 0 Å². The number of ether oxygens (including phenoxy) is 2. The molecule has 0 aliphatic heterocycles. The Morgan fingerprint density at radius 3 is 2.25 bits per heavy atom. The van der Waals surface area contributed by atoms with Crippen LogP contribution in [0.15, 0.2) is 53.9 Å². The van der Waals surface area contributed by atoms with Gasteiger partial charge in [-0.2, -0.15) is 0 Å². The summed E-state index contributed by atoms with van der Waals surface area (Å²) in [5.74, 6) is -2.51. The van der Waals surface area contributed by atoms with E-state index in [4.69, 9.17) is 9.47 Å². The average Bonchev–Trinajstić information content (AvgIpc) is 3.13. The summed E-state index contributed by atoms with van der Waals surface area (Å²) in [6, 6.07) is 13.7. The smallest absolute Gasteiger partial charge is 0.320 e. The molecule has 1 atom stereocenters. The highest BCUT2D eigenvalue weighted by molar-refractivity contribution is 7.10. The summed E-state index contributed by atoms with van der Waals surface area (Å²) in [6.45, 7) is 0. The van der Waals surface area contributed by atoms with Gasteiger partial charge in [0.05, 0.1) is 14.2 Å². The lowest BCUT2D eigenvalue weighted by molar-refractivity contribution is -0.160. The minimum absolute atomic E-state index is 0.352. The molecule has 0 unspecified atom stereocenters. The third-order valence-electron chi connectivity index (χ3n) is 3.70. The van der Waals surface area contributed by atoms with E-state index in [1.165, 1.54) is 14.2 Å². The van der Waals surface area contributed by atoms with Crippen molar-refractivity contribution in [2.75, 3.05) is 14.2 Å². The van der Waals surface area contributed by atoms with E-state index in [2.05, 4.69) is 0 Å².